The van der Waals surface area contributed by atoms with E-state index in [1.807, 2.05) is 66.0 Å². The fourth-order valence-electron chi connectivity index (χ4n) is 5.00. The van der Waals surface area contributed by atoms with Gasteiger partial charge in [-0.05, 0) is 49.1 Å². The molecule has 4 aromatic rings. The maximum Gasteiger partial charge on any atom is 0.338 e. The van der Waals surface area contributed by atoms with Crippen molar-refractivity contribution in [2.75, 3.05) is 11.5 Å². The second kappa shape index (κ2) is 10.2. The van der Waals surface area contributed by atoms with Crippen molar-refractivity contribution in [2.24, 2.45) is 4.99 Å². The van der Waals surface area contributed by atoms with E-state index in [0.29, 0.717) is 38.3 Å². The van der Waals surface area contributed by atoms with Crippen LogP contribution in [0.2, 0.25) is 0 Å². The number of halogens is 1. The summed E-state index contributed by atoms with van der Waals surface area (Å²) in [5.41, 5.74) is 3.22. The minimum atomic E-state index is -0.687. The number of esters is 1. The Hall–Kier alpha value is -3.60. The Morgan fingerprint density at radius 1 is 1.10 bits per heavy atom. The quantitative estimate of drug-likeness (QED) is 0.307. The number of amides is 1. The van der Waals surface area contributed by atoms with Gasteiger partial charge in [0.15, 0.2) is 4.80 Å². The Bertz CT molecular complexity index is 1840. The Morgan fingerprint density at radius 3 is 2.62 bits per heavy atom. The number of hydrogen-bond donors (Lipinski definition) is 0. The van der Waals surface area contributed by atoms with Gasteiger partial charge >= 0.3 is 5.97 Å². The topological polar surface area (TPSA) is 81.0 Å². The molecule has 2 aromatic carbocycles. The van der Waals surface area contributed by atoms with Crippen molar-refractivity contribution < 1.29 is 14.3 Å². The predicted octanol–water partition coefficient (Wildman–Crippen LogP) is 4.54. The van der Waals surface area contributed by atoms with E-state index < -0.39 is 12.0 Å². The van der Waals surface area contributed by atoms with E-state index >= 15 is 0 Å². The van der Waals surface area contributed by atoms with Crippen LogP contribution in [0.5, 0.6) is 0 Å². The van der Waals surface area contributed by atoms with Crippen LogP contribution in [-0.4, -0.2) is 23.1 Å². The first-order valence-electron chi connectivity index (χ1n) is 12.3. The van der Waals surface area contributed by atoms with Crippen LogP contribution >= 0.6 is 38.6 Å². The van der Waals surface area contributed by atoms with Crippen LogP contribution in [0.15, 0.2) is 91.6 Å². The Labute approximate surface area is 240 Å². The first-order chi connectivity index (χ1) is 18.9. The van der Waals surface area contributed by atoms with Crippen LogP contribution in [0, 0.1) is 0 Å². The monoisotopic (exact) mass is 619 g/mol. The summed E-state index contributed by atoms with van der Waals surface area (Å²) in [5, 5.41) is 1.90. The van der Waals surface area contributed by atoms with E-state index in [1.165, 1.54) is 27.2 Å². The van der Waals surface area contributed by atoms with Crippen molar-refractivity contribution in [1.29, 1.82) is 0 Å². The summed E-state index contributed by atoms with van der Waals surface area (Å²) in [6, 6.07) is 18.5. The van der Waals surface area contributed by atoms with Gasteiger partial charge in [-0.1, -0.05) is 63.7 Å². The van der Waals surface area contributed by atoms with Gasteiger partial charge in [-0.3, -0.25) is 14.2 Å². The number of aromatic nitrogens is 1. The molecule has 0 radical (unpaired) electrons. The molecule has 2 aliphatic heterocycles. The molecule has 7 nitrogen and oxygen atoms in total. The molecule has 1 atom stereocenters. The molecular weight excluding hydrogens is 598 g/mol. The molecule has 0 saturated carbocycles. The molecular formula is C29H22BrN3O4S2. The standard InChI is InChI=1S/C29H22BrN3O4S2/c1-3-37-28(36)22-16(2)31-29-33(24(22)21-10-7-13-38-21)27(35)25(39-29)23-19-14-18(30)11-12-20(19)32(26(23)34)15-17-8-5-4-6-9-17/h4-14,24H,3,15H2,1-2H3/b25-23-/t24-/m1/s1. The number of hydrogen-bond acceptors (Lipinski definition) is 7. The molecule has 4 heterocycles. The summed E-state index contributed by atoms with van der Waals surface area (Å²) in [7, 11) is 0. The van der Waals surface area contributed by atoms with Crippen LogP contribution < -0.4 is 19.8 Å². The first kappa shape index (κ1) is 25.7. The van der Waals surface area contributed by atoms with Gasteiger partial charge in [0.2, 0.25) is 0 Å². The molecule has 0 saturated heterocycles. The number of anilines is 1. The van der Waals surface area contributed by atoms with E-state index in [-0.39, 0.29) is 18.1 Å². The van der Waals surface area contributed by atoms with Crippen molar-refractivity contribution in [3.8, 4) is 0 Å². The van der Waals surface area contributed by atoms with Crippen molar-refractivity contribution in [3.05, 3.63) is 117 Å². The van der Waals surface area contributed by atoms with Crippen LogP contribution in [0.4, 0.5) is 5.69 Å². The molecule has 0 unspecified atom stereocenters. The highest BCUT2D eigenvalue weighted by atomic mass is 79.9. The lowest BCUT2D eigenvalue weighted by molar-refractivity contribution is -0.139. The van der Waals surface area contributed by atoms with Crippen LogP contribution in [-0.2, 0) is 20.9 Å². The highest BCUT2D eigenvalue weighted by molar-refractivity contribution is 9.10. The molecule has 196 valence electrons. The summed E-state index contributed by atoms with van der Waals surface area (Å²) in [4.78, 5) is 48.8. The van der Waals surface area contributed by atoms with E-state index in [0.717, 1.165) is 20.6 Å². The van der Waals surface area contributed by atoms with Gasteiger partial charge in [0, 0.05) is 14.9 Å². The first-order valence-corrected chi connectivity index (χ1v) is 14.8. The van der Waals surface area contributed by atoms with Gasteiger partial charge in [-0.2, -0.15) is 0 Å². The molecule has 6 rings (SSSR count). The van der Waals surface area contributed by atoms with Crippen molar-refractivity contribution in [1.82, 2.24) is 4.57 Å². The van der Waals surface area contributed by atoms with Gasteiger partial charge < -0.3 is 9.64 Å². The minimum Gasteiger partial charge on any atom is -0.463 e. The highest BCUT2D eigenvalue weighted by Gasteiger charge is 2.37. The second-order valence-corrected chi connectivity index (χ2v) is 11.9. The largest absolute Gasteiger partial charge is 0.463 e. The third-order valence-corrected chi connectivity index (χ3v) is 9.17. The zero-order valence-corrected chi connectivity index (χ0v) is 24.2. The number of carbonyl (C=O) groups excluding carboxylic acids is 2. The molecule has 0 fully saturated rings. The fraction of sp³-hybridized carbons (Fsp3) is 0.172. The third-order valence-electron chi connectivity index (χ3n) is 6.69. The number of benzene rings is 2. The molecule has 0 bridgehead atoms. The molecule has 2 aromatic heterocycles. The molecule has 1 amide bonds. The van der Waals surface area contributed by atoms with E-state index in [9.17, 15) is 14.4 Å². The number of thiazole rings is 1. The number of carbonyl (C=O) groups is 2. The summed E-state index contributed by atoms with van der Waals surface area (Å²) >= 11 is 6.16. The third kappa shape index (κ3) is 4.32. The second-order valence-electron chi connectivity index (χ2n) is 9.05. The van der Waals surface area contributed by atoms with Gasteiger partial charge in [-0.15, -0.1) is 11.3 Å². The average molecular weight is 621 g/mol. The van der Waals surface area contributed by atoms with Crippen molar-refractivity contribution in [2.45, 2.75) is 26.4 Å². The normalized spacial score (nSPS) is 17.7. The van der Waals surface area contributed by atoms with Crippen LogP contribution in [0.25, 0.3) is 5.57 Å². The lowest BCUT2D eigenvalue weighted by Gasteiger charge is -2.23. The number of thiophene rings is 1. The Balaban J connectivity index is 1.59. The van der Waals surface area contributed by atoms with Crippen molar-refractivity contribution >= 4 is 61.7 Å². The SMILES string of the molecule is CCOC(=O)C1=C(C)N=c2s/c(=C3\C(=O)N(Cc4ccccc4)c4ccc(Br)cc43)c(=O)n2[C@@H]1c1cccs1. The summed E-state index contributed by atoms with van der Waals surface area (Å²) in [5.74, 6) is -0.749. The number of allylic oxidation sites excluding steroid dienone is 1. The lowest BCUT2D eigenvalue weighted by Crippen LogP contribution is -2.40. The van der Waals surface area contributed by atoms with E-state index in [1.54, 1.807) is 18.7 Å². The molecule has 2 aliphatic rings. The summed E-state index contributed by atoms with van der Waals surface area (Å²) in [6.07, 6.45) is 0. The van der Waals surface area contributed by atoms with Crippen LogP contribution in [0.3, 0.4) is 0 Å². The van der Waals surface area contributed by atoms with E-state index in [4.69, 9.17) is 4.74 Å². The van der Waals surface area contributed by atoms with Gasteiger partial charge in [0.05, 0.1) is 35.7 Å². The molecule has 0 aliphatic carbocycles. The number of rotatable bonds is 5. The maximum absolute atomic E-state index is 14.2. The van der Waals surface area contributed by atoms with Gasteiger partial charge in [-0.25, -0.2) is 9.79 Å². The minimum absolute atomic E-state index is 0.207. The van der Waals surface area contributed by atoms with E-state index in [2.05, 4.69) is 20.9 Å². The van der Waals surface area contributed by atoms with Gasteiger partial charge in [0.25, 0.3) is 11.5 Å². The zero-order valence-electron chi connectivity index (χ0n) is 21.0. The van der Waals surface area contributed by atoms with Gasteiger partial charge in [0.1, 0.15) is 10.6 Å². The average Bonchev–Trinajstić information content (AvgIpc) is 3.62. The smallest absolute Gasteiger partial charge is 0.338 e. The molecule has 0 spiro atoms. The fourth-order valence-corrected chi connectivity index (χ4v) is 7.33. The number of fused-ring (bicyclic) bond motifs is 2. The summed E-state index contributed by atoms with van der Waals surface area (Å²) in [6.45, 7) is 4.08. The highest BCUT2D eigenvalue weighted by Crippen LogP contribution is 2.38. The van der Waals surface area contributed by atoms with Crippen molar-refractivity contribution in [3.63, 3.8) is 0 Å². The van der Waals surface area contributed by atoms with Crippen LogP contribution in [0.1, 0.15) is 35.9 Å². The Morgan fingerprint density at radius 2 is 1.90 bits per heavy atom. The molecule has 39 heavy (non-hydrogen) atoms. The number of ether oxygens (including phenoxy) is 1. The maximum atomic E-state index is 14.2. The summed E-state index contributed by atoms with van der Waals surface area (Å²) < 4.78 is 7.99. The Kier molecular flexibility index (Phi) is 6.70. The number of nitrogens with zero attached hydrogens (tertiary/aromatic N) is 3. The zero-order chi connectivity index (χ0) is 27.3. The molecule has 10 heteroatoms. The predicted molar refractivity (Wildman–Crippen MR) is 155 cm³/mol. The molecule has 0 N–H and O–H groups in total. The lowest BCUT2D eigenvalue weighted by atomic mass is 10.0.